The lowest BCUT2D eigenvalue weighted by molar-refractivity contribution is -0.119. The number of amides is 2. The van der Waals surface area contributed by atoms with E-state index in [-0.39, 0.29) is 24.2 Å². The third-order valence-corrected chi connectivity index (χ3v) is 4.46. The number of benzene rings is 2. The summed E-state index contributed by atoms with van der Waals surface area (Å²) in [5.41, 5.74) is 2.19. The first-order valence-corrected chi connectivity index (χ1v) is 8.44. The largest absolute Gasteiger partial charge is 0.493 e. The molecule has 1 aliphatic heterocycles. The topological polar surface area (TPSA) is 67.9 Å². The van der Waals surface area contributed by atoms with Crippen molar-refractivity contribution in [2.75, 3.05) is 31.0 Å². The van der Waals surface area contributed by atoms with Crippen LogP contribution in [0, 0.1) is 5.92 Å². The summed E-state index contributed by atoms with van der Waals surface area (Å²) in [5.74, 6) is 0.746. The van der Waals surface area contributed by atoms with Crippen molar-refractivity contribution in [2.24, 2.45) is 5.92 Å². The van der Waals surface area contributed by atoms with Gasteiger partial charge in [-0.2, -0.15) is 0 Å². The minimum atomic E-state index is -0.295. The van der Waals surface area contributed by atoms with E-state index in [1.54, 1.807) is 31.3 Å². The number of para-hydroxylation sites is 2. The number of hydrogen-bond donors (Lipinski definition) is 1. The van der Waals surface area contributed by atoms with Crippen LogP contribution in [0.5, 0.6) is 11.5 Å². The smallest absolute Gasteiger partial charge is 0.231 e. The van der Waals surface area contributed by atoms with Crippen molar-refractivity contribution in [2.45, 2.75) is 13.3 Å². The van der Waals surface area contributed by atoms with Crippen molar-refractivity contribution in [3.05, 3.63) is 48.0 Å². The molecule has 1 heterocycles. The third kappa shape index (κ3) is 3.49. The number of anilines is 2. The lowest BCUT2D eigenvalue weighted by Gasteiger charge is -2.23. The number of methoxy groups -OCH3 is 2. The van der Waals surface area contributed by atoms with Crippen LogP contribution in [0.1, 0.15) is 12.5 Å². The molecular weight excluding hydrogens is 332 g/mol. The second-order valence-corrected chi connectivity index (χ2v) is 6.28. The first-order valence-electron chi connectivity index (χ1n) is 8.44. The molecule has 2 aromatic rings. The van der Waals surface area contributed by atoms with Crippen LogP contribution in [0.3, 0.4) is 0 Å². The molecule has 26 heavy (non-hydrogen) atoms. The fourth-order valence-corrected chi connectivity index (χ4v) is 3.02. The van der Waals surface area contributed by atoms with Crippen molar-refractivity contribution >= 4 is 23.2 Å². The maximum absolute atomic E-state index is 13.0. The predicted molar refractivity (Wildman–Crippen MR) is 99.8 cm³/mol. The number of fused-ring (bicyclic) bond motifs is 1. The van der Waals surface area contributed by atoms with Gasteiger partial charge in [-0.15, -0.1) is 0 Å². The van der Waals surface area contributed by atoms with Gasteiger partial charge in [0.25, 0.3) is 0 Å². The van der Waals surface area contributed by atoms with Crippen LogP contribution < -0.4 is 19.7 Å². The van der Waals surface area contributed by atoms with Gasteiger partial charge in [0.15, 0.2) is 11.5 Å². The molecule has 0 saturated heterocycles. The Bertz CT molecular complexity index is 834. The number of rotatable bonds is 4. The van der Waals surface area contributed by atoms with E-state index in [0.29, 0.717) is 23.7 Å². The minimum Gasteiger partial charge on any atom is -0.493 e. The van der Waals surface area contributed by atoms with Crippen molar-refractivity contribution < 1.29 is 19.1 Å². The maximum Gasteiger partial charge on any atom is 0.231 e. The summed E-state index contributed by atoms with van der Waals surface area (Å²) >= 11 is 0. The van der Waals surface area contributed by atoms with Crippen LogP contribution in [0.25, 0.3) is 0 Å². The molecule has 0 saturated carbocycles. The van der Waals surface area contributed by atoms with Crippen LogP contribution in [0.4, 0.5) is 11.4 Å². The Kier molecular flexibility index (Phi) is 5.11. The predicted octanol–water partition coefficient (Wildman–Crippen LogP) is 2.87. The van der Waals surface area contributed by atoms with Gasteiger partial charge in [0.05, 0.1) is 37.9 Å². The van der Waals surface area contributed by atoms with E-state index in [1.807, 2.05) is 37.3 Å². The molecule has 136 valence electrons. The van der Waals surface area contributed by atoms with E-state index >= 15 is 0 Å². The normalized spacial score (nSPS) is 16.3. The molecule has 6 nitrogen and oxygen atoms in total. The first-order chi connectivity index (χ1) is 12.5. The summed E-state index contributed by atoms with van der Waals surface area (Å²) in [4.78, 5) is 26.9. The zero-order chi connectivity index (χ0) is 18.7. The molecule has 0 aromatic heterocycles. The van der Waals surface area contributed by atoms with E-state index in [2.05, 4.69) is 5.32 Å². The van der Waals surface area contributed by atoms with Crippen molar-refractivity contribution in [1.82, 2.24) is 0 Å². The van der Waals surface area contributed by atoms with E-state index in [0.717, 1.165) is 11.3 Å². The highest BCUT2D eigenvalue weighted by Crippen LogP contribution is 2.31. The SMILES string of the molecule is COc1ccc(CC(=O)N2CC(C)C(=O)Nc3ccccc32)cc1OC. The lowest BCUT2D eigenvalue weighted by atomic mass is 10.1. The van der Waals surface area contributed by atoms with Crippen LogP contribution in [-0.4, -0.2) is 32.6 Å². The van der Waals surface area contributed by atoms with E-state index in [1.165, 1.54) is 0 Å². The van der Waals surface area contributed by atoms with Crippen LogP contribution in [0.2, 0.25) is 0 Å². The average molecular weight is 354 g/mol. The molecule has 6 heteroatoms. The average Bonchev–Trinajstić information content (AvgIpc) is 2.78. The van der Waals surface area contributed by atoms with E-state index in [4.69, 9.17) is 9.47 Å². The van der Waals surface area contributed by atoms with E-state index < -0.39 is 0 Å². The molecule has 0 bridgehead atoms. The molecule has 0 fully saturated rings. The second-order valence-electron chi connectivity index (χ2n) is 6.28. The molecule has 1 unspecified atom stereocenters. The summed E-state index contributed by atoms with van der Waals surface area (Å²) in [7, 11) is 3.13. The Hall–Kier alpha value is -3.02. The highest BCUT2D eigenvalue weighted by atomic mass is 16.5. The maximum atomic E-state index is 13.0. The monoisotopic (exact) mass is 354 g/mol. The van der Waals surface area contributed by atoms with Crippen molar-refractivity contribution in [3.8, 4) is 11.5 Å². The van der Waals surface area contributed by atoms with Crippen molar-refractivity contribution in [1.29, 1.82) is 0 Å². The summed E-state index contributed by atoms with van der Waals surface area (Å²) < 4.78 is 10.5. The number of carbonyl (C=O) groups excluding carboxylic acids is 2. The molecule has 0 radical (unpaired) electrons. The molecule has 1 atom stereocenters. The number of carbonyl (C=O) groups is 2. The number of nitrogens with one attached hydrogen (secondary N) is 1. The molecule has 0 spiro atoms. The molecular formula is C20H22N2O4. The number of hydrogen-bond acceptors (Lipinski definition) is 4. The summed E-state index contributed by atoms with van der Waals surface area (Å²) in [6.45, 7) is 2.16. The molecule has 0 aliphatic carbocycles. The van der Waals surface area contributed by atoms with Gasteiger partial charge < -0.3 is 19.7 Å². The van der Waals surface area contributed by atoms with Gasteiger partial charge in [0, 0.05) is 6.54 Å². The Morgan fingerprint density at radius 2 is 1.88 bits per heavy atom. The zero-order valence-electron chi connectivity index (χ0n) is 15.1. The molecule has 2 amide bonds. The van der Waals surface area contributed by atoms with Gasteiger partial charge in [-0.25, -0.2) is 0 Å². The second kappa shape index (κ2) is 7.47. The quantitative estimate of drug-likeness (QED) is 0.917. The fourth-order valence-electron chi connectivity index (χ4n) is 3.02. The standard InChI is InChI=1S/C20H22N2O4/c1-13-12-22(16-7-5-4-6-15(16)21-20(13)24)19(23)11-14-8-9-17(25-2)18(10-14)26-3/h4-10,13H,11-12H2,1-3H3,(H,21,24). The Morgan fingerprint density at radius 3 is 2.62 bits per heavy atom. The third-order valence-electron chi connectivity index (χ3n) is 4.46. The first kappa shape index (κ1) is 17.8. The molecule has 1 aliphatic rings. The van der Waals surface area contributed by atoms with Gasteiger partial charge in [-0.3, -0.25) is 9.59 Å². The van der Waals surface area contributed by atoms with Crippen LogP contribution in [0.15, 0.2) is 42.5 Å². The highest BCUT2D eigenvalue weighted by Gasteiger charge is 2.28. The fraction of sp³-hybridized carbons (Fsp3) is 0.300. The van der Waals surface area contributed by atoms with Crippen molar-refractivity contribution in [3.63, 3.8) is 0 Å². The van der Waals surface area contributed by atoms with Crippen LogP contribution in [-0.2, 0) is 16.0 Å². The van der Waals surface area contributed by atoms with Gasteiger partial charge in [0.1, 0.15) is 0 Å². The van der Waals surface area contributed by atoms with Crippen LogP contribution >= 0.6 is 0 Å². The Morgan fingerprint density at radius 1 is 1.15 bits per heavy atom. The Balaban J connectivity index is 1.88. The van der Waals surface area contributed by atoms with Gasteiger partial charge in [-0.05, 0) is 29.8 Å². The highest BCUT2D eigenvalue weighted by molar-refractivity contribution is 6.04. The lowest BCUT2D eigenvalue weighted by Crippen LogP contribution is -2.36. The molecule has 1 N–H and O–H groups in total. The summed E-state index contributed by atoms with van der Waals surface area (Å²) in [6, 6.07) is 12.8. The van der Waals surface area contributed by atoms with E-state index in [9.17, 15) is 9.59 Å². The molecule has 3 rings (SSSR count). The molecule has 2 aromatic carbocycles. The summed E-state index contributed by atoms with van der Waals surface area (Å²) in [6.07, 6.45) is 0.204. The number of ether oxygens (including phenoxy) is 2. The van der Waals surface area contributed by atoms with Gasteiger partial charge in [0.2, 0.25) is 11.8 Å². The number of nitrogens with zero attached hydrogens (tertiary/aromatic N) is 1. The zero-order valence-corrected chi connectivity index (χ0v) is 15.1. The summed E-state index contributed by atoms with van der Waals surface area (Å²) in [5, 5.41) is 2.88. The van der Waals surface area contributed by atoms with Gasteiger partial charge in [-0.1, -0.05) is 25.1 Å². The Labute approximate surface area is 152 Å². The minimum absolute atomic E-state index is 0.0759. The van der Waals surface area contributed by atoms with Gasteiger partial charge >= 0.3 is 0 Å².